The molecule has 2 atom stereocenters. The van der Waals surface area contributed by atoms with Gasteiger partial charge in [0, 0.05) is 44.6 Å². The lowest BCUT2D eigenvalue weighted by Gasteiger charge is -2.34. The van der Waals surface area contributed by atoms with Crippen molar-refractivity contribution in [3.63, 3.8) is 0 Å². The number of nitrogens with one attached hydrogen (secondary N) is 2. The maximum Gasteiger partial charge on any atom is 0.315 e. The van der Waals surface area contributed by atoms with Crippen LogP contribution in [-0.2, 0) is 11.3 Å². The quantitative estimate of drug-likeness (QED) is 0.783. The van der Waals surface area contributed by atoms with E-state index in [-0.39, 0.29) is 18.2 Å². The first kappa shape index (κ1) is 17.7. The predicted molar refractivity (Wildman–Crippen MR) is 89.2 cm³/mol. The number of aromatic nitrogens is 2. The van der Waals surface area contributed by atoms with Gasteiger partial charge in [-0.15, -0.1) is 0 Å². The minimum Gasteiger partial charge on any atom is -0.374 e. The SMILES string of the molecule is CC(C)CN1CCO[C@@H](CNC(=O)N[C@@H](C)Cn2cccn2)C1. The maximum absolute atomic E-state index is 12.0. The molecule has 0 aliphatic carbocycles. The molecule has 2 heterocycles. The number of nitrogens with zero attached hydrogens (tertiary/aromatic N) is 3. The summed E-state index contributed by atoms with van der Waals surface area (Å²) in [5.74, 6) is 0.646. The molecule has 0 aromatic carbocycles. The molecule has 1 aliphatic heterocycles. The van der Waals surface area contributed by atoms with Gasteiger partial charge >= 0.3 is 6.03 Å². The van der Waals surface area contributed by atoms with Gasteiger partial charge in [-0.1, -0.05) is 13.8 Å². The van der Waals surface area contributed by atoms with E-state index in [0.717, 1.165) is 26.2 Å². The number of carbonyl (C=O) groups is 1. The zero-order valence-corrected chi connectivity index (χ0v) is 14.4. The summed E-state index contributed by atoms with van der Waals surface area (Å²) in [6, 6.07) is 1.73. The van der Waals surface area contributed by atoms with E-state index in [1.165, 1.54) is 0 Å². The van der Waals surface area contributed by atoms with Crippen LogP contribution in [0.25, 0.3) is 0 Å². The third kappa shape index (κ3) is 6.58. The summed E-state index contributed by atoms with van der Waals surface area (Å²) in [5.41, 5.74) is 0. The Labute approximate surface area is 138 Å². The summed E-state index contributed by atoms with van der Waals surface area (Å²) in [7, 11) is 0. The average Bonchev–Trinajstić information content (AvgIpc) is 2.97. The molecular weight excluding hydrogens is 294 g/mol. The van der Waals surface area contributed by atoms with Crippen molar-refractivity contribution in [2.24, 2.45) is 5.92 Å². The minimum absolute atomic E-state index is 0.0135. The Morgan fingerprint density at radius 2 is 2.22 bits per heavy atom. The van der Waals surface area contributed by atoms with E-state index in [9.17, 15) is 4.79 Å². The second-order valence-electron chi connectivity index (χ2n) is 6.63. The van der Waals surface area contributed by atoms with Crippen LogP contribution in [0.5, 0.6) is 0 Å². The van der Waals surface area contributed by atoms with Gasteiger partial charge in [0.05, 0.1) is 19.3 Å². The van der Waals surface area contributed by atoms with E-state index in [0.29, 0.717) is 19.0 Å². The van der Waals surface area contributed by atoms with E-state index >= 15 is 0 Å². The van der Waals surface area contributed by atoms with E-state index in [2.05, 4.69) is 34.5 Å². The molecule has 23 heavy (non-hydrogen) atoms. The first-order valence-electron chi connectivity index (χ1n) is 8.38. The molecule has 1 aromatic rings. The Morgan fingerprint density at radius 3 is 2.91 bits per heavy atom. The number of carbonyl (C=O) groups excluding carboxylic acids is 1. The molecule has 0 radical (unpaired) electrons. The van der Waals surface area contributed by atoms with Gasteiger partial charge in [-0.3, -0.25) is 9.58 Å². The third-order valence-corrected chi connectivity index (χ3v) is 3.73. The highest BCUT2D eigenvalue weighted by molar-refractivity contribution is 5.74. The molecule has 1 aromatic heterocycles. The molecule has 1 aliphatic rings. The highest BCUT2D eigenvalue weighted by atomic mass is 16.5. The van der Waals surface area contributed by atoms with Gasteiger partial charge in [-0.05, 0) is 18.9 Å². The number of amides is 2. The van der Waals surface area contributed by atoms with Crippen LogP contribution in [-0.4, -0.2) is 65.6 Å². The van der Waals surface area contributed by atoms with Gasteiger partial charge in [0.15, 0.2) is 0 Å². The fourth-order valence-electron chi connectivity index (χ4n) is 2.80. The Kier molecular flexibility index (Phi) is 6.85. The highest BCUT2D eigenvalue weighted by Crippen LogP contribution is 2.07. The summed E-state index contributed by atoms with van der Waals surface area (Å²) in [5, 5.41) is 9.96. The fraction of sp³-hybridized carbons (Fsp3) is 0.750. The van der Waals surface area contributed by atoms with Crippen LogP contribution in [0, 0.1) is 5.92 Å². The summed E-state index contributed by atoms with van der Waals surface area (Å²) < 4.78 is 7.54. The van der Waals surface area contributed by atoms with Crippen LogP contribution in [0.15, 0.2) is 18.5 Å². The van der Waals surface area contributed by atoms with Crippen molar-refractivity contribution in [1.29, 1.82) is 0 Å². The van der Waals surface area contributed by atoms with Gasteiger partial charge < -0.3 is 15.4 Å². The molecule has 130 valence electrons. The van der Waals surface area contributed by atoms with Gasteiger partial charge in [0.2, 0.25) is 0 Å². The van der Waals surface area contributed by atoms with Crippen molar-refractivity contribution >= 4 is 6.03 Å². The van der Waals surface area contributed by atoms with Crippen LogP contribution in [0.2, 0.25) is 0 Å². The number of rotatable bonds is 7. The number of hydrogen-bond acceptors (Lipinski definition) is 4. The Balaban J connectivity index is 1.65. The van der Waals surface area contributed by atoms with Crippen LogP contribution in [0.3, 0.4) is 0 Å². The zero-order valence-electron chi connectivity index (χ0n) is 14.4. The molecule has 7 heteroatoms. The molecule has 1 fully saturated rings. The lowest BCUT2D eigenvalue weighted by molar-refractivity contribution is -0.0290. The summed E-state index contributed by atoms with van der Waals surface area (Å²) >= 11 is 0. The van der Waals surface area contributed by atoms with Crippen molar-refractivity contribution in [2.75, 3.05) is 32.8 Å². The maximum atomic E-state index is 12.0. The molecule has 0 bridgehead atoms. The predicted octanol–water partition coefficient (Wildman–Crippen LogP) is 0.928. The van der Waals surface area contributed by atoms with Gasteiger partial charge in [0.25, 0.3) is 0 Å². The standard InChI is InChI=1S/C16H29N5O2/c1-13(2)10-20-7-8-23-15(12-20)9-17-16(22)19-14(3)11-21-6-4-5-18-21/h4-6,13-15H,7-12H2,1-3H3,(H2,17,19,22)/t14-,15-/m0/s1. The molecule has 1 saturated heterocycles. The number of morpholine rings is 1. The smallest absolute Gasteiger partial charge is 0.315 e. The van der Waals surface area contributed by atoms with Crippen molar-refractivity contribution in [3.8, 4) is 0 Å². The second-order valence-corrected chi connectivity index (χ2v) is 6.63. The summed E-state index contributed by atoms with van der Waals surface area (Å²) in [6.07, 6.45) is 3.68. The van der Waals surface area contributed by atoms with Crippen LogP contribution in [0.4, 0.5) is 4.79 Å². The monoisotopic (exact) mass is 323 g/mol. The van der Waals surface area contributed by atoms with Crippen molar-refractivity contribution < 1.29 is 9.53 Å². The number of ether oxygens (including phenoxy) is 1. The van der Waals surface area contributed by atoms with Crippen LogP contribution in [0.1, 0.15) is 20.8 Å². The third-order valence-electron chi connectivity index (χ3n) is 3.73. The molecule has 0 spiro atoms. The topological polar surface area (TPSA) is 71.4 Å². The molecule has 2 N–H and O–H groups in total. The molecule has 0 unspecified atom stereocenters. The minimum atomic E-state index is -0.158. The van der Waals surface area contributed by atoms with E-state index in [4.69, 9.17) is 4.74 Å². The Morgan fingerprint density at radius 1 is 1.39 bits per heavy atom. The van der Waals surface area contributed by atoms with Crippen LogP contribution >= 0.6 is 0 Å². The zero-order chi connectivity index (χ0) is 16.7. The van der Waals surface area contributed by atoms with E-state index in [1.807, 2.05) is 19.2 Å². The van der Waals surface area contributed by atoms with E-state index in [1.54, 1.807) is 10.9 Å². The average molecular weight is 323 g/mol. The van der Waals surface area contributed by atoms with E-state index < -0.39 is 0 Å². The first-order chi connectivity index (χ1) is 11.0. The normalized spacial score (nSPS) is 20.4. The van der Waals surface area contributed by atoms with Gasteiger partial charge in [-0.2, -0.15) is 5.10 Å². The largest absolute Gasteiger partial charge is 0.374 e. The van der Waals surface area contributed by atoms with Gasteiger partial charge in [-0.25, -0.2) is 4.79 Å². The lowest BCUT2D eigenvalue weighted by Crippen LogP contribution is -2.50. The molecule has 0 saturated carbocycles. The molecular formula is C16H29N5O2. The number of urea groups is 1. The van der Waals surface area contributed by atoms with Crippen molar-refractivity contribution in [3.05, 3.63) is 18.5 Å². The molecule has 7 nitrogen and oxygen atoms in total. The Bertz CT molecular complexity index is 463. The highest BCUT2D eigenvalue weighted by Gasteiger charge is 2.21. The molecule has 2 amide bonds. The van der Waals surface area contributed by atoms with Gasteiger partial charge in [0.1, 0.15) is 0 Å². The summed E-state index contributed by atoms with van der Waals surface area (Å²) in [4.78, 5) is 14.4. The van der Waals surface area contributed by atoms with Crippen LogP contribution < -0.4 is 10.6 Å². The summed E-state index contributed by atoms with van der Waals surface area (Å²) in [6.45, 7) is 11.3. The first-order valence-corrected chi connectivity index (χ1v) is 8.38. The number of hydrogen-bond donors (Lipinski definition) is 2. The van der Waals surface area contributed by atoms with Crippen molar-refractivity contribution in [2.45, 2.75) is 39.5 Å². The lowest BCUT2D eigenvalue weighted by atomic mass is 10.2. The fourth-order valence-corrected chi connectivity index (χ4v) is 2.80. The molecule has 2 rings (SSSR count). The van der Waals surface area contributed by atoms with Crippen molar-refractivity contribution in [1.82, 2.24) is 25.3 Å². The Hall–Kier alpha value is -1.60. The second kappa shape index (κ2) is 8.88.